The van der Waals surface area contributed by atoms with Crippen molar-refractivity contribution in [3.63, 3.8) is 0 Å². The number of benzene rings is 1. The van der Waals surface area contributed by atoms with E-state index in [1.54, 1.807) is 18.2 Å². The van der Waals surface area contributed by atoms with Crippen molar-refractivity contribution in [3.05, 3.63) is 39.9 Å². The molecular formula is C7H7NNaO2S. The summed E-state index contributed by atoms with van der Waals surface area (Å²) in [4.78, 5) is 9.95. The molecule has 59 valence electrons. The molecule has 0 fully saturated rings. The molecule has 0 saturated carbocycles. The van der Waals surface area contributed by atoms with E-state index in [2.05, 4.69) is 12.6 Å². The van der Waals surface area contributed by atoms with Gasteiger partial charge in [-0.2, -0.15) is 12.6 Å². The molecular weight excluding hydrogens is 185 g/mol. The summed E-state index contributed by atoms with van der Waals surface area (Å²) in [5.41, 5.74) is 0.795. The van der Waals surface area contributed by atoms with Crippen molar-refractivity contribution < 1.29 is 4.92 Å². The van der Waals surface area contributed by atoms with E-state index in [-0.39, 0.29) is 35.2 Å². The van der Waals surface area contributed by atoms with Gasteiger partial charge in [-0.3, -0.25) is 10.1 Å². The van der Waals surface area contributed by atoms with E-state index in [4.69, 9.17) is 0 Å². The molecule has 0 heterocycles. The molecule has 1 aromatic carbocycles. The molecule has 3 nitrogen and oxygen atoms in total. The quantitative estimate of drug-likeness (QED) is 0.335. The van der Waals surface area contributed by atoms with Gasteiger partial charge in [0.05, 0.1) is 4.92 Å². The van der Waals surface area contributed by atoms with Crippen LogP contribution in [0.3, 0.4) is 0 Å². The van der Waals surface area contributed by atoms with Crippen LogP contribution < -0.4 is 0 Å². The molecule has 0 N–H and O–H groups in total. The maximum Gasteiger partial charge on any atom is 0.273 e. The van der Waals surface area contributed by atoms with Crippen molar-refractivity contribution in [2.45, 2.75) is 5.75 Å². The van der Waals surface area contributed by atoms with Crippen LogP contribution in [0.25, 0.3) is 0 Å². The Morgan fingerprint density at radius 3 is 2.42 bits per heavy atom. The Labute approximate surface area is 98.0 Å². The van der Waals surface area contributed by atoms with Crippen LogP contribution in [0.4, 0.5) is 5.69 Å². The average Bonchev–Trinajstić information content (AvgIpc) is 2.04. The number of para-hydroxylation sites is 1. The summed E-state index contributed by atoms with van der Waals surface area (Å²) in [5, 5.41) is 10.4. The molecule has 0 unspecified atom stereocenters. The Morgan fingerprint density at radius 1 is 1.42 bits per heavy atom. The molecule has 5 heteroatoms. The fourth-order valence-electron chi connectivity index (χ4n) is 0.823. The Kier molecular flexibility index (Phi) is 5.57. The van der Waals surface area contributed by atoms with Crippen LogP contribution in [-0.4, -0.2) is 34.5 Å². The van der Waals surface area contributed by atoms with Crippen LogP contribution in [-0.2, 0) is 5.75 Å². The minimum atomic E-state index is -0.397. The second kappa shape index (κ2) is 5.59. The van der Waals surface area contributed by atoms with Gasteiger partial charge < -0.3 is 0 Å². The molecule has 0 aliphatic rings. The van der Waals surface area contributed by atoms with Crippen LogP contribution in [0.15, 0.2) is 24.3 Å². The summed E-state index contributed by atoms with van der Waals surface area (Å²) in [6.07, 6.45) is 0. The second-order valence-electron chi connectivity index (χ2n) is 2.04. The molecule has 0 aliphatic heterocycles. The van der Waals surface area contributed by atoms with Crippen LogP contribution in [0.2, 0.25) is 0 Å². The molecule has 0 aromatic heterocycles. The van der Waals surface area contributed by atoms with Gasteiger partial charge in [-0.05, 0) is 0 Å². The maximum absolute atomic E-state index is 10.4. The van der Waals surface area contributed by atoms with E-state index in [0.29, 0.717) is 11.3 Å². The maximum atomic E-state index is 10.4. The number of nitrogens with zero attached hydrogens (tertiary/aromatic N) is 1. The largest absolute Gasteiger partial charge is 0.273 e. The van der Waals surface area contributed by atoms with E-state index in [1.807, 2.05) is 0 Å². The van der Waals surface area contributed by atoms with Crippen LogP contribution in [0.1, 0.15) is 5.56 Å². The Bertz CT molecular complexity index is 280. The first-order valence-electron chi connectivity index (χ1n) is 3.09. The topological polar surface area (TPSA) is 43.1 Å². The van der Waals surface area contributed by atoms with Gasteiger partial charge in [0.15, 0.2) is 0 Å². The standard InChI is InChI=1S/C7H7NO2S.Na/c9-8(10)7-4-2-1-3-6(7)5-11;/h1-4,11H,5H2;. The van der Waals surface area contributed by atoms with Gasteiger partial charge in [-0.1, -0.05) is 18.2 Å². The molecule has 0 atom stereocenters. The van der Waals surface area contributed by atoms with E-state index < -0.39 is 4.92 Å². The summed E-state index contributed by atoms with van der Waals surface area (Å²) < 4.78 is 0. The number of thiol groups is 1. The molecule has 1 radical (unpaired) electrons. The van der Waals surface area contributed by atoms with Crippen LogP contribution >= 0.6 is 12.6 Å². The van der Waals surface area contributed by atoms with Crippen LogP contribution in [0, 0.1) is 10.1 Å². The summed E-state index contributed by atoms with van der Waals surface area (Å²) >= 11 is 3.97. The van der Waals surface area contributed by atoms with Gasteiger partial charge in [0.1, 0.15) is 0 Å². The van der Waals surface area contributed by atoms with Gasteiger partial charge in [0.2, 0.25) is 0 Å². The number of rotatable bonds is 2. The van der Waals surface area contributed by atoms with Gasteiger partial charge in [0, 0.05) is 46.9 Å². The van der Waals surface area contributed by atoms with Gasteiger partial charge in [0.25, 0.3) is 5.69 Å². The van der Waals surface area contributed by atoms with Crippen molar-refractivity contribution in [3.8, 4) is 0 Å². The number of hydrogen-bond acceptors (Lipinski definition) is 3. The normalized spacial score (nSPS) is 8.75. The average molecular weight is 192 g/mol. The SMILES string of the molecule is O=[N+]([O-])c1ccccc1CS.[Na]. The zero-order chi connectivity index (χ0) is 8.27. The van der Waals surface area contributed by atoms with Crippen molar-refractivity contribution in [2.24, 2.45) is 0 Å². The molecule has 0 aliphatic carbocycles. The number of nitro groups is 1. The zero-order valence-electron chi connectivity index (χ0n) is 6.73. The smallest absolute Gasteiger partial charge is 0.258 e. The van der Waals surface area contributed by atoms with Crippen LogP contribution in [0.5, 0.6) is 0 Å². The fraction of sp³-hybridized carbons (Fsp3) is 0.143. The Balaban J connectivity index is 0.00000121. The molecule has 0 amide bonds. The minimum Gasteiger partial charge on any atom is -0.258 e. The van der Waals surface area contributed by atoms with E-state index in [1.165, 1.54) is 6.07 Å². The molecule has 0 bridgehead atoms. The first kappa shape index (κ1) is 12.0. The molecule has 1 rings (SSSR count). The summed E-state index contributed by atoms with van der Waals surface area (Å²) in [6, 6.07) is 6.58. The molecule has 0 saturated heterocycles. The first-order valence-corrected chi connectivity index (χ1v) is 3.72. The second-order valence-corrected chi connectivity index (χ2v) is 2.36. The van der Waals surface area contributed by atoms with Crippen molar-refractivity contribution >= 4 is 47.9 Å². The summed E-state index contributed by atoms with van der Waals surface area (Å²) in [5.74, 6) is 0.400. The van der Waals surface area contributed by atoms with Gasteiger partial charge in [-0.15, -0.1) is 0 Å². The monoisotopic (exact) mass is 192 g/mol. The third-order valence-electron chi connectivity index (χ3n) is 1.36. The summed E-state index contributed by atoms with van der Waals surface area (Å²) in [6.45, 7) is 0. The Morgan fingerprint density at radius 2 is 2.00 bits per heavy atom. The van der Waals surface area contributed by atoms with E-state index >= 15 is 0 Å². The predicted octanol–water partition coefficient (Wildman–Crippen LogP) is 1.64. The Hall–Kier alpha value is -0.0300. The van der Waals surface area contributed by atoms with Crippen molar-refractivity contribution in [1.29, 1.82) is 0 Å². The molecule has 12 heavy (non-hydrogen) atoms. The van der Waals surface area contributed by atoms with E-state index in [9.17, 15) is 10.1 Å². The number of hydrogen-bond donors (Lipinski definition) is 1. The first-order chi connectivity index (χ1) is 5.25. The zero-order valence-corrected chi connectivity index (χ0v) is 9.62. The van der Waals surface area contributed by atoms with Gasteiger partial charge in [-0.25, -0.2) is 0 Å². The van der Waals surface area contributed by atoms with E-state index in [0.717, 1.165) is 0 Å². The molecule has 1 aromatic rings. The van der Waals surface area contributed by atoms with Gasteiger partial charge >= 0.3 is 0 Å². The van der Waals surface area contributed by atoms with Crippen molar-refractivity contribution in [1.82, 2.24) is 0 Å². The predicted molar refractivity (Wildman–Crippen MR) is 51.5 cm³/mol. The summed E-state index contributed by atoms with van der Waals surface area (Å²) in [7, 11) is 0. The minimum absolute atomic E-state index is 0. The number of nitro benzene ring substituents is 1. The molecule has 0 spiro atoms. The third kappa shape index (κ3) is 2.79. The third-order valence-corrected chi connectivity index (χ3v) is 1.70. The van der Waals surface area contributed by atoms with Crippen molar-refractivity contribution in [2.75, 3.05) is 0 Å². The fourth-order valence-corrected chi connectivity index (χ4v) is 1.09.